The van der Waals surface area contributed by atoms with E-state index < -0.39 is 27.0 Å². The third-order valence-corrected chi connectivity index (χ3v) is 6.85. The Balaban J connectivity index is 1.50. The maximum absolute atomic E-state index is 14.0. The van der Waals surface area contributed by atoms with Crippen molar-refractivity contribution in [1.29, 1.82) is 0 Å². The molecular formula is C21H26FN3O5S. The van der Waals surface area contributed by atoms with Crippen molar-refractivity contribution in [2.45, 2.75) is 38.5 Å². The molecule has 1 atom stereocenters. The van der Waals surface area contributed by atoms with Crippen LogP contribution < -0.4 is 16.1 Å². The van der Waals surface area contributed by atoms with Crippen LogP contribution in [-0.2, 0) is 16.3 Å². The monoisotopic (exact) mass is 451 g/mol. The fourth-order valence-corrected chi connectivity index (χ4v) is 4.70. The molecule has 1 fully saturated rings. The lowest BCUT2D eigenvalue weighted by molar-refractivity contribution is 0.285. The first-order valence-electron chi connectivity index (χ1n) is 10.2. The van der Waals surface area contributed by atoms with Crippen molar-refractivity contribution in [3.8, 4) is 5.75 Å². The number of aromatic nitrogens is 3. The van der Waals surface area contributed by atoms with E-state index in [1.54, 1.807) is 31.2 Å². The van der Waals surface area contributed by atoms with Crippen molar-refractivity contribution in [1.82, 2.24) is 15.0 Å². The number of H-pyrrole nitrogens is 2. The van der Waals surface area contributed by atoms with Gasteiger partial charge in [0.15, 0.2) is 21.4 Å². The summed E-state index contributed by atoms with van der Waals surface area (Å²) >= 11 is 0. The maximum Gasteiger partial charge on any atom is 0.350 e. The number of nitrogens with one attached hydrogen (secondary N) is 2. The Labute approximate surface area is 179 Å². The first-order valence-corrected chi connectivity index (χ1v) is 12.0. The van der Waals surface area contributed by atoms with E-state index >= 15 is 0 Å². The van der Waals surface area contributed by atoms with Crippen LogP contribution in [-0.4, -0.2) is 41.5 Å². The van der Waals surface area contributed by atoms with Crippen LogP contribution in [0.5, 0.6) is 5.75 Å². The number of ether oxygens (including phenoxy) is 1. The number of benzene rings is 1. The van der Waals surface area contributed by atoms with Crippen molar-refractivity contribution < 1.29 is 17.5 Å². The van der Waals surface area contributed by atoms with Crippen LogP contribution in [0.4, 0.5) is 4.39 Å². The number of allylic oxidation sites excluding steroid dienone is 2. The smallest absolute Gasteiger partial charge is 0.350 e. The molecule has 1 aliphatic rings. The SMILES string of the molecule is C[C@@H](CS(=O)(=O)CC/C=C/Cc1nc(=O)[nH]c(=O)[nH]1)c1ccc(F)c(OCC2CC2)c1. The zero-order valence-corrected chi connectivity index (χ0v) is 18.1. The number of hydrogen-bond donors (Lipinski definition) is 2. The van der Waals surface area contributed by atoms with Gasteiger partial charge >= 0.3 is 11.4 Å². The quantitative estimate of drug-likeness (QED) is 0.505. The molecule has 1 aromatic carbocycles. The number of nitrogens with zero attached hydrogens (tertiary/aromatic N) is 1. The summed E-state index contributed by atoms with van der Waals surface area (Å²) in [5, 5.41) is 0. The van der Waals surface area contributed by atoms with E-state index in [0.717, 1.165) is 18.4 Å². The van der Waals surface area contributed by atoms with Gasteiger partial charge in [-0.15, -0.1) is 0 Å². The maximum atomic E-state index is 14.0. The molecule has 0 unspecified atom stereocenters. The summed E-state index contributed by atoms with van der Waals surface area (Å²) in [4.78, 5) is 30.3. The molecule has 1 heterocycles. The van der Waals surface area contributed by atoms with E-state index in [4.69, 9.17) is 4.74 Å². The van der Waals surface area contributed by atoms with E-state index in [9.17, 15) is 22.4 Å². The fourth-order valence-electron chi connectivity index (χ4n) is 3.08. The lowest BCUT2D eigenvalue weighted by Crippen LogP contribution is -2.26. The third kappa shape index (κ3) is 7.46. The highest BCUT2D eigenvalue weighted by Gasteiger charge is 2.23. The lowest BCUT2D eigenvalue weighted by atomic mass is 10.0. The highest BCUT2D eigenvalue weighted by atomic mass is 32.2. The summed E-state index contributed by atoms with van der Waals surface area (Å²) in [5.74, 6) is 0.0219. The molecule has 0 saturated heterocycles. The minimum absolute atomic E-state index is 0.0423. The van der Waals surface area contributed by atoms with Crippen molar-refractivity contribution in [3.63, 3.8) is 0 Å². The van der Waals surface area contributed by atoms with Gasteiger partial charge in [0.1, 0.15) is 5.82 Å². The van der Waals surface area contributed by atoms with Crippen molar-refractivity contribution >= 4 is 9.84 Å². The van der Waals surface area contributed by atoms with Gasteiger partial charge in [0.05, 0.1) is 18.1 Å². The Morgan fingerprint density at radius 1 is 1.26 bits per heavy atom. The normalized spacial score (nSPS) is 15.3. The molecule has 10 heteroatoms. The summed E-state index contributed by atoms with van der Waals surface area (Å²) in [6, 6.07) is 4.50. The van der Waals surface area contributed by atoms with Crippen LogP contribution in [0.25, 0.3) is 0 Å². The molecule has 0 bridgehead atoms. The Morgan fingerprint density at radius 3 is 2.74 bits per heavy atom. The molecule has 8 nitrogen and oxygen atoms in total. The van der Waals surface area contributed by atoms with Gasteiger partial charge in [-0.05, 0) is 48.8 Å². The first-order chi connectivity index (χ1) is 14.7. The number of aromatic amines is 2. The van der Waals surface area contributed by atoms with Gasteiger partial charge in [0.2, 0.25) is 0 Å². The van der Waals surface area contributed by atoms with Crippen LogP contribution in [0.2, 0.25) is 0 Å². The number of rotatable bonds is 11. The van der Waals surface area contributed by atoms with E-state index in [0.29, 0.717) is 18.9 Å². The summed E-state index contributed by atoms with van der Waals surface area (Å²) in [6.45, 7) is 2.28. The Hall–Kier alpha value is -2.75. The molecule has 2 N–H and O–H groups in total. The lowest BCUT2D eigenvalue weighted by Gasteiger charge is -2.14. The first kappa shape index (κ1) is 22.9. The van der Waals surface area contributed by atoms with Gasteiger partial charge < -0.3 is 4.74 Å². The van der Waals surface area contributed by atoms with Gasteiger partial charge in [-0.3, -0.25) is 9.97 Å². The van der Waals surface area contributed by atoms with Crippen LogP contribution >= 0.6 is 0 Å². The predicted octanol–water partition coefficient (Wildman–Crippen LogP) is 2.09. The minimum atomic E-state index is -3.34. The second-order valence-electron chi connectivity index (χ2n) is 7.87. The Bertz CT molecular complexity index is 1120. The van der Waals surface area contributed by atoms with Gasteiger partial charge in [-0.1, -0.05) is 25.1 Å². The molecular weight excluding hydrogens is 425 g/mol. The predicted molar refractivity (Wildman–Crippen MR) is 115 cm³/mol. The summed E-state index contributed by atoms with van der Waals surface area (Å²) in [5.41, 5.74) is -0.650. The fraction of sp³-hybridized carbons (Fsp3) is 0.476. The van der Waals surface area contributed by atoms with Crippen molar-refractivity contribution in [2.75, 3.05) is 18.1 Å². The molecule has 1 aromatic heterocycles. The molecule has 3 rings (SSSR count). The molecule has 31 heavy (non-hydrogen) atoms. The average Bonchev–Trinajstić information content (AvgIpc) is 3.50. The average molecular weight is 452 g/mol. The number of hydrogen-bond acceptors (Lipinski definition) is 6. The Morgan fingerprint density at radius 2 is 2.03 bits per heavy atom. The largest absolute Gasteiger partial charge is 0.490 e. The molecule has 0 spiro atoms. The molecule has 1 saturated carbocycles. The second-order valence-corrected chi connectivity index (χ2v) is 10.1. The van der Waals surface area contributed by atoms with Crippen molar-refractivity contribution in [2.24, 2.45) is 5.92 Å². The zero-order chi connectivity index (χ0) is 22.4. The van der Waals surface area contributed by atoms with Gasteiger partial charge in [-0.25, -0.2) is 22.4 Å². The van der Waals surface area contributed by atoms with Gasteiger partial charge in [0, 0.05) is 6.42 Å². The summed E-state index contributed by atoms with van der Waals surface area (Å²) in [6.07, 6.45) is 6.03. The van der Waals surface area contributed by atoms with Crippen LogP contribution in [0.1, 0.15) is 43.5 Å². The Kier molecular flexibility index (Phi) is 7.42. The topological polar surface area (TPSA) is 122 Å². The molecule has 0 radical (unpaired) electrons. The molecule has 0 aliphatic heterocycles. The van der Waals surface area contributed by atoms with Crippen LogP contribution in [0.15, 0.2) is 39.9 Å². The van der Waals surface area contributed by atoms with E-state index in [1.165, 1.54) is 6.07 Å². The van der Waals surface area contributed by atoms with Crippen LogP contribution in [0.3, 0.4) is 0 Å². The summed E-state index contributed by atoms with van der Waals surface area (Å²) < 4.78 is 44.4. The van der Waals surface area contributed by atoms with E-state index in [2.05, 4.69) is 9.97 Å². The molecule has 168 valence electrons. The van der Waals surface area contributed by atoms with Gasteiger partial charge in [0.25, 0.3) is 0 Å². The van der Waals surface area contributed by atoms with E-state index in [1.807, 2.05) is 4.98 Å². The standard InChI is InChI=1S/C21H26FN3O5S/c1-14(16-8-9-17(22)18(11-16)30-12-15-6-7-15)13-31(28,29)10-4-2-3-5-19-23-20(26)25-21(27)24-19/h2-3,8-9,11,14-15H,4-7,10,12-13H2,1H3,(H2,23,24,25,26,27)/b3-2+/t14-/m0/s1. The third-order valence-electron chi connectivity index (χ3n) is 4.99. The second kappa shape index (κ2) is 10.0. The summed E-state index contributed by atoms with van der Waals surface area (Å²) in [7, 11) is -3.34. The number of sulfone groups is 1. The van der Waals surface area contributed by atoms with Gasteiger partial charge in [-0.2, -0.15) is 4.98 Å². The van der Waals surface area contributed by atoms with E-state index in [-0.39, 0.29) is 35.4 Å². The zero-order valence-electron chi connectivity index (χ0n) is 17.3. The highest BCUT2D eigenvalue weighted by molar-refractivity contribution is 7.91. The number of halogens is 1. The van der Waals surface area contributed by atoms with Crippen molar-refractivity contribution in [3.05, 3.63) is 68.5 Å². The molecule has 1 aliphatic carbocycles. The minimum Gasteiger partial charge on any atom is -0.490 e. The molecule has 0 amide bonds. The van der Waals surface area contributed by atoms with Crippen LogP contribution in [0, 0.1) is 11.7 Å². The highest BCUT2D eigenvalue weighted by Crippen LogP contribution is 2.31. The molecule has 2 aromatic rings.